The summed E-state index contributed by atoms with van der Waals surface area (Å²) in [5.41, 5.74) is 7.72. The van der Waals surface area contributed by atoms with Crippen molar-refractivity contribution in [2.24, 2.45) is 0 Å². The van der Waals surface area contributed by atoms with Crippen molar-refractivity contribution < 1.29 is 24.2 Å². The predicted octanol–water partition coefficient (Wildman–Crippen LogP) is 4.33. The van der Waals surface area contributed by atoms with Gasteiger partial charge in [-0.25, -0.2) is 0 Å². The van der Waals surface area contributed by atoms with Crippen molar-refractivity contribution in [1.29, 1.82) is 0 Å². The van der Waals surface area contributed by atoms with Crippen LogP contribution in [0.15, 0.2) is 54.6 Å². The summed E-state index contributed by atoms with van der Waals surface area (Å²) in [6.45, 7) is 4.57. The molecule has 0 aliphatic heterocycles. The zero-order chi connectivity index (χ0) is 22.1. The number of nitrogen functional groups attached to an aromatic ring is 1. The van der Waals surface area contributed by atoms with E-state index >= 15 is 0 Å². The zero-order valence-corrected chi connectivity index (χ0v) is 17.3. The number of para-hydroxylation sites is 1. The molecular weight excluding hydrogens is 394 g/mol. The van der Waals surface area contributed by atoms with Crippen LogP contribution in [-0.4, -0.2) is 29.9 Å². The van der Waals surface area contributed by atoms with Crippen LogP contribution in [0.25, 0.3) is 0 Å². The molecule has 3 aromatic carbocycles. The van der Waals surface area contributed by atoms with E-state index in [1.807, 2.05) is 24.3 Å². The van der Waals surface area contributed by atoms with Crippen LogP contribution in [0.3, 0.4) is 0 Å². The van der Waals surface area contributed by atoms with Gasteiger partial charge in [-0.2, -0.15) is 0 Å². The summed E-state index contributed by atoms with van der Waals surface area (Å²) in [6, 6.07) is 15.5. The van der Waals surface area contributed by atoms with Gasteiger partial charge in [-0.05, 0) is 17.5 Å². The van der Waals surface area contributed by atoms with E-state index in [0.717, 1.165) is 11.3 Å². The van der Waals surface area contributed by atoms with Crippen molar-refractivity contribution in [2.75, 3.05) is 18.9 Å². The maximum atomic E-state index is 13.0. The lowest BCUT2D eigenvalue weighted by Gasteiger charge is -2.22. The summed E-state index contributed by atoms with van der Waals surface area (Å²) >= 11 is 0. The van der Waals surface area contributed by atoms with Gasteiger partial charge in [-0.15, -0.1) is 0 Å². The molecule has 158 valence electrons. The molecule has 6 nitrogen and oxygen atoms in total. The van der Waals surface area contributed by atoms with Crippen molar-refractivity contribution in [2.45, 2.75) is 19.8 Å². The summed E-state index contributed by atoms with van der Waals surface area (Å²) < 4.78 is 11.5. The summed E-state index contributed by atoms with van der Waals surface area (Å²) in [5.74, 6) is 0.0484. The molecule has 3 N–H and O–H groups in total. The summed E-state index contributed by atoms with van der Waals surface area (Å²) in [5, 5.41) is 10.5. The van der Waals surface area contributed by atoms with Crippen LogP contribution in [0, 0.1) is 0 Å². The number of ketones is 2. The second kappa shape index (κ2) is 8.14. The number of phenolic OH excluding ortho intramolecular Hbond substituents is 1. The molecule has 0 spiro atoms. The standard InChI is InChI=1S/C25H23NO5/c1-14(2)15-7-5-6-10-19(15)30-11-12-31-20-13-18(27)21-22(23(20)26)25(29)17-9-4-3-8-16(17)24(21)28/h3-10,13-14,27H,11-12,26H2,1-2H3. The highest BCUT2D eigenvalue weighted by Crippen LogP contribution is 2.41. The third kappa shape index (κ3) is 3.61. The Morgan fingerprint density at radius 3 is 2.03 bits per heavy atom. The average Bonchev–Trinajstić information content (AvgIpc) is 2.77. The second-order valence-electron chi connectivity index (χ2n) is 7.65. The van der Waals surface area contributed by atoms with Gasteiger partial charge in [0.25, 0.3) is 0 Å². The quantitative estimate of drug-likeness (QED) is 0.275. The number of nitrogens with two attached hydrogens (primary N) is 1. The van der Waals surface area contributed by atoms with Crippen LogP contribution < -0.4 is 15.2 Å². The zero-order valence-electron chi connectivity index (χ0n) is 17.3. The highest BCUT2D eigenvalue weighted by molar-refractivity contribution is 6.31. The number of rotatable bonds is 6. The Kier molecular flexibility index (Phi) is 5.38. The molecule has 0 saturated carbocycles. The number of carbonyl (C=O) groups excluding carboxylic acids is 2. The largest absolute Gasteiger partial charge is 0.507 e. The summed E-state index contributed by atoms with van der Waals surface area (Å²) in [6.07, 6.45) is 0. The molecule has 0 fully saturated rings. The first-order valence-corrected chi connectivity index (χ1v) is 10.1. The lowest BCUT2D eigenvalue weighted by atomic mass is 9.82. The monoisotopic (exact) mass is 417 g/mol. The fraction of sp³-hybridized carbons (Fsp3) is 0.200. The van der Waals surface area contributed by atoms with Crippen LogP contribution in [0.4, 0.5) is 5.69 Å². The van der Waals surface area contributed by atoms with Crippen LogP contribution in [0.2, 0.25) is 0 Å². The normalized spacial score (nSPS) is 12.5. The Hall–Kier alpha value is -3.80. The van der Waals surface area contributed by atoms with E-state index in [1.54, 1.807) is 24.3 Å². The van der Waals surface area contributed by atoms with Crippen LogP contribution in [0.5, 0.6) is 17.2 Å². The number of hydrogen-bond acceptors (Lipinski definition) is 6. The van der Waals surface area contributed by atoms with Crippen molar-refractivity contribution in [3.05, 3.63) is 82.4 Å². The lowest BCUT2D eigenvalue weighted by Crippen LogP contribution is -2.23. The van der Waals surface area contributed by atoms with E-state index in [2.05, 4.69) is 13.8 Å². The molecule has 1 aliphatic rings. The molecule has 0 bridgehead atoms. The van der Waals surface area contributed by atoms with Crippen LogP contribution in [-0.2, 0) is 0 Å². The van der Waals surface area contributed by atoms with Gasteiger partial charge in [-0.3, -0.25) is 9.59 Å². The minimum absolute atomic E-state index is 0.0234. The van der Waals surface area contributed by atoms with Gasteiger partial charge in [0.1, 0.15) is 30.5 Å². The molecular formula is C25H23NO5. The van der Waals surface area contributed by atoms with Crippen LogP contribution in [0.1, 0.15) is 57.2 Å². The Balaban J connectivity index is 1.55. The van der Waals surface area contributed by atoms with Crippen LogP contribution >= 0.6 is 0 Å². The molecule has 3 aromatic rings. The molecule has 31 heavy (non-hydrogen) atoms. The highest BCUT2D eigenvalue weighted by Gasteiger charge is 2.35. The minimum Gasteiger partial charge on any atom is -0.507 e. The number of ether oxygens (including phenoxy) is 2. The fourth-order valence-corrected chi connectivity index (χ4v) is 3.79. The first-order valence-electron chi connectivity index (χ1n) is 10.1. The number of anilines is 1. The maximum Gasteiger partial charge on any atom is 0.198 e. The number of fused-ring (bicyclic) bond motifs is 2. The molecule has 0 atom stereocenters. The molecule has 6 heteroatoms. The fourth-order valence-electron chi connectivity index (χ4n) is 3.79. The van der Waals surface area contributed by atoms with Gasteiger partial charge < -0.3 is 20.3 Å². The number of benzene rings is 3. The Labute approximate surface area is 180 Å². The Bertz CT molecular complexity index is 1180. The summed E-state index contributed by atoms with van der Waals surface area (Å²) in [4.78, 5) is 25.8. The van der Waals surface area contributed by atoms with Gasteiger partial charge >= 0.3 is 0 Å². The molecule has 0 saturated heterocycles. The highest BCUT2D eigenvalue weighted by atomic mass is 16.5. The van der Waals surface area contributed by atoms with Crippen molar-refractivity contribution in [3.63, 3.8) is 0 Å². The lowest BCUT2D eigenvalue weighted by molar-refractivity contribution is 0.0977. The van der Waals surface area contributed by atoms with E-state index < -0.39 is 11.6 Å². The maximum absolute atomic E-state index is 13.0. The Morgan fingerprint density at radius 1 is 0.839 bits per heavy atom. The molecule has 0 amide bonds. The second-order valence-corrected chi connectivity index (χ2v) is 7.65. The van der Waals surface area contributed by atoms with Gasteiger partial charge in [0.05, 0.1) is 16.8 Å². The van der Waals surface area contributed by atoms with E-state index in [4.69, 9.17) is 15.2 Å². The van der Waals surface area contributed by atoms with Gasteiger partial charge in [-0.1, -0.05) is 56.3 Å². The van der Waals surface area contributed by atoms with E-state index in [-0.39, 0.29) is 52.7 Å². The van der Waals surface area contributed by atoms with Gasteiger partial charge in [0, 0.05) is 17.2 Å². The average molecular weight is 417 g/mol. The SMILES string of the molecule is CC(C)c1ccccc1OCCOc1cc(O)c2c(c1N)C(=O)c1ccccc1C2=O. The number of phenols is 1. The van der Waals surface area contributed by atoms with Gasteiger partial charge in [0.2, 0.25) is 0 Å². The first-order chi connectivity index (χ1) is 14.9. The summed E-state index contributed by atoms with van der Waals surface area (Å²) in [7, 11) is 0. The third-order valence-corrected chi connectivity index (χ3v) is 5.32. The van der Waals surface area contributed by atoms with E-state index in [0.29, 0.717) is 5.92 Å². The number of carbonyl (C=O) groups is 2. The molecule has 0 radical (unpaired) electrons. The molecule has 0 aromatic heterocycles. The number of hydrogen-bond donors (Lipinski definition) is 2. The molecule has 0 heterocycles. The third-order valence-electron chi connectivity index (χ3n) is 5.32. The minimum atomic E-state index is -0.436. The number of aromatic hydroxyl groups is 1. The topological polar surface area (TPSA) is 98.8 Å². The molecule has 1 aliphatic carbocycles. The smallest absolute Gasteiger partial charge is 0.198 e. The molecule has 4 rings (SSSR count). The first kappa shape index (κ1) is 20.5. The van der Waals surface area contributed by atoms with Crippen molar-refractivity contribution in [1.82, 2.24) is 0 Å². The Morgan fingerprint density at radius 2 is 1.39 bits per heavy atom. The molecule has 0 unspecified atom stereocenters. The van der Waals surface area contributed by atoms with Gasteiger partial charge in [0.15, 0.2) is 11.6 Å². The van der Waals surface area contributed by atoms with Crippen molar-refractivity contribution >= 4 is 17.3 Å². The predicted molar refractivity (Wildman–Crippen MR) is 117 cm³/mol. The van der Waals surface area contributed by atoms with E-state index in [9.17, 15) is 14.7 Å². The van der Waals surface area contributed by atoms with E-state index in [1.165, 1.54) is 6.07 Å². The van der Waals surface area contributed by atoms with Crippen molar-refractivity contribution in [3.8, 4) is 17.2 Å².